The van der Waals surface area contributed by atoms with E-state index in [0.29, 0.717) is 23.7 Å². The number of ether oxygens (including phenoxy) is 2. The van der Waals surface area contributed by atoms with Gasteiger partial charge in [0.15, 0.2) is 5.60 Å². The number of benzene rings is 2. The van der Waals surface area contributed by atoms with E-state index in [4.69, 9.17) is 9.47 Å². The number of hydrogen-bond donors (Lipinski definition) is 2. The Morgan fingerprint density at radius 3 is 2.41 bits per heavy atom. The molecule has 0 saturated carbocycles. The minimum Gasteiger partial charge on any atom is -0.497 e. The summed E-state index contributed by atoms with van der Waals surface area (Å²) in [4.78, 5) is 24.0. The quantitative estimate of drug-likeness (QED) is 0.558. The van der Waals surface area contributed by atoms with E-state index in [9.17, 15) is 14.7 Å². The average Bonchev–Trinajstić information content (AvgIpc) is 3.15. The van der Waals surface area contributed by atoms with Gasteiger partial charge in [-0.05, 0) is 68.3 Å². The van der Waals surface area contributed by atoms with E-state index in [1.807, 2.05) is 37.3 Å². The zero-order chi connectivity index (χ0) is 23.5. The molecule has 0 radical (unpaired) electrons. The van der Waals surface area contributed by atoms with Crippen LogP contribution in [0.3, 0.4) is 0 Å². The number of nitrogens with one attached hydrogen (secondary N) is 1. The Balaban J connectivity index is 1.67. The lowest BCUT2D eigenvalue weighted by Gasteiger charge is -2.23. The number of carboxylic acids is 1. The van der Waals surface area contributed by atoms with Crippen LogP contribution in [-0.4, -0.2) is 39.5 Å². The Morgan fingerprint density at radius 1 is 1.12 bits per heavy atom. The van der Waals surface area contributed by atoms with Gasteiger partial charge in [0.05, 0.1) is 12.8 Å². The number of aromatic nitrogens is 2. The Bertz CT molecular complexity index is 1130. The summed E-state index contributed by atoms with van der Waals surface area (Å²) in [5.41, 5.74) is 2.34. The molecular formula is C24H27N3O5. The summed E-state index contributed by atoms with van der Waals surface area (Å²) in [6.45, 7) is 5.14. The van der Waals surface area contributed by atoms with Gasteiger partial charge in [0, 0.05) is 19.2 Å². The lowest BCUT2D eigenvalue weighted by atomic mass is 10.1. The molecule has 0 aliphatic heterocycles. The van der Waals surface area contributed by atoms with Gasteiger partial charge >= 0.3 is 5.97 Å². The van der Waals surface area contributed by atoms with Gasteiger partial charge in [-0.15, -0.1) is 0 Å². The van der Waals surface area contributed by atoms with Gasteiger partial charge in [-0.3, -0.25) is 9.48 Å². The largest absolute Gasteiger partial charge is 0.497 e. The molecule has 0 atom stereocenters. The van der Waals surface area contributed by atoms with E-state index in [1.165, 1.54) is 13.8 Å². The van der Waals surface area contributed by atoms with Crippen LogP contribution in [0.25, 0.3) is 11.3 Å². The van der Waals surface area contributed by atoms with Crippen LogP contribution in [-0.2, 0) is 18.4 Å². The van der Waals surface area contributed by atoms with Crippen molar-refractivity contribution in [3.05, 3.63) is 65.4 Å². The van der Waals surface area contributed by atoms with Crippen molar-refractivity contribution in [2.75, 3.05) is 7.11 Å². The predicted octanol–water partition coefficient (Wildman–Crippen LogP) is 3.58. The number of carbonyl (C=O) groups is 2. The fourth-order valence-electron chi connectivity index (χ4n) is 3.11. The number of rotatable bonds is 8. The van der Waals surface area contributed by atoms with Gasteiger partial charge in [-0.2, -0.15) is 5.10 Å². The highest BCUT2D eigenvalue weighted by atomic mass is 16.5. The Kier molecular flexibility index (Phi) is 6.53. The van der Waals surface area contributed by atoms with E-state index >= 15 is 0 Å². The first-order chi connectivity index (χ1) is 15.1. The second-order valence-electron chi connectivity index (χ2n) is 7.97. The molecule has 2 aromatic carbocycles. The maximum atomic E-state index is 12.7. The maximum Gasteiger partial charge on any atom is 0.347 e. The maximum absolute atomic E-state index is 12.7. The second kappa shape index (κ2) is 9.13. The Morgan fingerprint density at radius 2 is 1.81 bits per heavy atom. The van der Waals surface area contributed by atoms with Crippen LogP contribution in [0.5, 0.6) is 11.5 Å². The van der Waals surface area contributed by atoms with Crippen LogP contribution in [0.15, 0.2) is 48.5 Å². The zero-order valence-corrected chi connectivity index (χ0v) is 18.8. The molecule has 0 fully saturated rings. The molecule has 0 bridgehead atoms. The molecule has 8 heteroatoms. The number of aryl methyl sites for hydroxylation is 2. The number of methoxy groups -OCH3 is 1. The first kappa shape index (κ1) is 22.9. The molecule has 8 nitrogen and oxygen atoms in total. The SMILES string of the molecule is COc1ccc(-c2cc(C(=O)NCc3ccc(OC(C)(C)C(=O)O)c(C)c3)n(C)n2)cc1. The summed E-state index contributed by atoms with van der Waals surface area (Å²) in [6.07, 6.45) is 0. The minimum absolute atomic E-state index is 0.246. The summed E-state index contributed by atoms with van der Waals surface area (Å²) in [5.74, 6) is -0.0488. The summed E-state index contributed by atoms with van der Waals surface area (Å²) >= 11 is 0. The smallest absolute Gasteiger partial charge is 0.347 e. The topological polar surface area (TPSA) is 103 Å². The van der Waals surface area contributed by atoms with E-state index in [-0.39, 0.29) is 5.91 Å². The molecular weight excluding hydrogens is 410 g/mol. The molecule has 1 heterocycles. The van der Waals surface area contributed by atoms with Crippen LogP contribution >= 0.6 is 0 Å². The van der Waals surface area contributed by atoms with Crippen molar-refractivity contribution in [2.45, 2.75) is 32.9 Å². The average molecular weight is 437 g/mol. The number of amides is 1. The summed E-state index contributed by atoms with van der Waals surface area (Å²) in [5, 5.41) is 16.6. The van der Waals surface area contributed by atoms with Gasteiger partial charge in [0.1, 0.15) is 17.2 Å². The van der Waals surface area contributed by atoms with E-state index in [0.717, 1.165) is 22.4 Å². The standard InChI is InChI=1S/C24H27N3O5/c1-15-12-16(6-11-21(15)32-24(2,3)23(29)30)14-25-22(28)20-13-19(26-27(20)4)17-7-9-18(31-5)10-8-17/h6-13H,14H2,1-5H3,(H,25,28)(H,29,30). The fraction of sp³-hybridized carbons (Fsp3) is 0.292. The highest BCUT2D eigenvalue weighted by molar-refractivity contribution is 5.93. The molecule has 3 aromatic rings. The molecule has 0 aliphatic carbocycles. The van der Waals surface area contributed by atoms with Crippen LogP contribution in [0.1, 0.15) is 35.5 Å². The van der Waals surface area contributed by atoms with Crippen LogP contribution in [0.2, 0.25) is 0 Å². The highest BCUT2D eigenvalue weighted by Crippen LogP contribution is 2.25. The van der Waals surface area contributed by atoms with Crippen LogP contribution in [0.4, 0.5) is 0 Å². The van der Waals surface area contributed by atoms with Crippen molar-refractivity contribution in [3.8, 4) is 22.8 Å². The van der Waals surface area contributed by atoms with Crippen molar-refractivity contribution in [3.63, 3.8) is 0 Å². The number of aliphatic carboxylic acids is 1. The molecule has 0 spiro atoms. The van der Waals surface area contributed by atoms with Crippen molar-refractivity contribution in [2.24, 2.45) is 7.05 Å². The van der Waals surface area contributed by atoms with E-state index in [1.54, 1.807) is 37.0 Å². The summed E-state index contributed by atoms with van der Waals surface area (Å²) < 4.78 is 12.3. The molecule has 0 aliphatic rings. The van der Waals surface area contributed by atoms with Gasteiger partial charge < -0.3 is 19.9 Å². The van der Waals surface area contributed by atoms with Crippen molar-refractivity contribution in [1.82, 2.24) is 15.1 Å². The molecule has 1 aromatic heterocycles. The van der Waals surface area contributed by atoms with Crippen LogP contribution in [0, 0.1) is 6.92 Å². The third kappa shape index (κ3) is 5.08. The van der Waals surface area contributed by atoms with Crippen LogP contribution < -0.4 is 14.8 Å². The monoisotopic (exact) mass is 437 g/mol. The number of carbonyl (C=O) groups excluding carboxylic acids is 1. The summed E-state index contributed by atoms with van der Waals surface area (Å²) in [6, 6.07) is 14.6. The lowest BCUT2D eigenvalue weighted by Crippen LogP contribution is -2.38. The van der Waals surface area contributed by atoms with Gasteiger partial charge in [0.25, 0.3) is 5.91 Å². The third-order valence-corrected chi connectivity index (χ3v) is 5.07. The second-order valence-corrected chi connectivity index (χ2v) is 7.97. The number of carboxylic acid groups (broad SMARTS) is 1. The van der Waals surface area contributed by atoms with Gasteiger partial charge in [0.2, 0.25) is 0 Å². The molecule has 32 heavy (non-hydrogen) atoms. The normalized spacial score (nSPS) is 11.2. The third-order valence-electron chi connectivity index (χ3n) is 5.07. The highest BCUT2D eigenvalue weighted by Gasteiger charge is 2.29. The molecule has 2 N–H and O–H groups in total. The molecule has 0 saturated heterocycles. The first-order valence-corrected chi connectivity index (χ1v) is 10.1. The molecule has 3 rings (SSSR count). The van der Waals surface area contributed by atoms with Gasteiger partial charge in [-0.1, -0.05) is 12.1 Å². The van der Waals surface area contributed by atoms with E-state index < -0.39 is 11.6 Å². The predicted molar refractivity (Wildman–Crippen MR) is 120 cm³/mol. The van der Waals surface area contributed by atoms with Crippen molar-refractivity contribution in [1.29, 1.82) is 0 Å². The minimum atomic E-state index is -1.33. The Hall–Kier alpha value is -3.81. The lowest BCUT2D eigenvalue weighted by molar-refractivity contribution is -0.152. The first-order valence-electron chi connectivity index (χ1n) is 10.1. The summed E-state index contributed by atoms with van der Waals surface area (Å²) in [7, 11) is 3.33. The molecule has 0 unspecified atom stereocenters. The van der Waals surface area contributed by atoms with Crippen molar-refractivity contribution < 1.29 is 24.2 Å². The molecule has 1 amide bonds. The fourth-order valence-corrected chi connectivity index (χ4v) is 3.11. The zero-order valence-electron chi connectivity index (χ0n) is 18.8. The van der Waals surface area contributed by atoms with Crippen molar-refractivity contribution >= 4 is 11.9 Å². The molecule has 168 valence electrons. The Labute approximate surface area is 186 Å². The number of hydrogen-bond acceptors (Lipinski definition) is 5. The van der Waals surface area contributed by atoms with Gasteiger partial charge in [-0.25, -0.2) is 4.79 Å². The van der Waals surface area contributed by atoms with E-state index in [2.05, 4.69) is 10.4 Å². The number of nitrogens with zero attached hydrogens (tertiary/aromatic N) is 2.